The van der Waals surface area contributed by atoms with Gasteiger partial charge in [-0.05, 0) is 37.0 Å². The van der Waals surface area contributed by atoms with Crippen LogP contribution in [0.2, 0.25) is 0 Å². The Balaban J connectivity index is 2.32. The molecule has 0 spiro atoms. The van der Waals surface area contributed by atoms with Gasteiger partial charge in [-0.15, -0.1) is 0 Å². The topological polar surface area (TPSA) is 54.9 Å². The predicted molar refractivity (Wildman–Crippen MR) is 79.9 cm³/mol. The molecule has 0 saturated carbocycles. The zero-order chi connectivity index (χ0) is 14.5. The minimum absolute atomic E-state index is 0.189. The van der Waals surface area contributed by atoms with E-state index in [2.05, 4.69) is 29.1 Å². The van der Waals surface area contributed by atoms with Gasteiger partial charge in [0, 0.05) is 11.9 Å². The first-order chi connectivity index (χ1) is 9.65. The standard InChI is InChI=1S/C16H19N3O/c1-4-12-7-6-8-13(5-2)15(12)19-16(20)14-9-10-17-11(3)18-14/h6-10H,4-5H2,1-3H3,(H,19,20). The van der Waals surface area contributed by atoms with Crippen molar-refractivity contribution in [2.45, 2.75) is 33.6 Å². The predicted octanol–water partition coefficient (Wildman–Crippen LogP) is 3.16. The number of hydrogen-bond donors (Lipinski definition) is 1. The number of hydrogen-bond acceptors (Lipinski definition) is 3. The van der Waals surface area contributed by atoms with Crippen molar-refractivity contribution < 1.29 is 4.79 Å². The normalized spacial score (nSPS) is 10.3. The van der Waals surface area contributed by atoms with E-state index in [9.17, 15) is 4.79 Å². The number of nitrogens with zero attached hydrogens (tertiary/aromatic N) is 2. The van der Waals surface area contributed by atoms with E-state index in [-0.39, 0.29) is 5.91 Å². The molecule has 20 heavy (non-hydrogen) atoms. The van der Waals surface area contributed by atoms with Crippen LogP contribution in [0.3, 0.4) is 0 Å². The molecule has 104 valence electrons. The average molecular weight is 269 g/mol. The zero-order valence-electron chi connectivity index (χ0n) is 12.1. The molecule has 0 aliphatic rings. The summed E-state index contributed by atoms with van der Waals surface area (Å²) < 4.78 is 0. The Kier molecular flexibility index (Phi) is 4.45. The molecule has 0 aliphatic carbocycles. The lowest BCUT2D eigenvalue weighted by Gasteiger charge is -2.14. The maximum absolute atomic E-state index is 12.3. The highest BCUT2D eigenvalue weighted by molar-refractivity contribution is 6.03. The summed E-state index contributed by atoms with van der Waals surface area (Å²) in [5.41, 5.74) is 3.59. The summed E-state index contributed by atoms with van der Waals surface area (Å²) in [6, 6.07) is 7.74. The molecule has 1 aromatic carbocycles. The van der Waals surface area contributed by atoms with Gasteiger partial charge in [0.05, 0.1) is 0 Å². The van der Waals surface area contributed by atoms with Crippen molar-refractivity contribution in [1.82, 2.24) is 9.97 Å². The SMILES string of the molecule is CCc1cccc(CC)c1NC(=O)c1ccnc(C)n1. The minimum atomic E-state index is -0.189. The molecule has 0 fully saturated rings. The molecule has 0 bridgehead atoms. The number of carbonyl (C=O) groups is 1. The van der Waals surface area contributed by atoms with Crippen molar-refractivity contribution in [3.05, 3.63) is 53.1 Å². The molecular weight excluding hydrogens is 250 g/mol. The fraction of sp³-hybridized carbons (Fsp3) is 0.312. The monoisotopic (exact) mass is 269 g/mol. The molecule has 1 heterocycles. The molecule has 0 atom stereocenters. The van der Waals surface area contributed by atoms with E-state index in [0.717, 1.165) is 29.7 Å². The molecule has 1 aromatic heterocycles. The van der Waals surface area contributed by atoms with Crippen LogP contribution in [0.15, 0.2) is 30.5 Å². The van der Waals surface area contributed by atoms with Crippen LogP contribution >= 0.6 is 0 Å². The Labute approximate surface area is 119 Å². The Bertz CT molecular complexity index is 601. The molecule has 2 aromatic rings. The Morgan fingerprint density at radius 3 is 2.35 bits per heavy atom. The molecule has 2 rings (SSSR count). The summed E-state index contributed by atoms with van der Waals surface area (Å²) in [5.74, 6) is 0.406. The van der Waals surface area contributed by atoms with E-state index in [1.54, 1.807) is 19.2 Å². The summed E-state index contributed by atoms with van der Waals surface area (Å²) in [7, 11) is 0. The number of aryl methyl sites for hydroxylation is 3. The van der Waals surface area contributed by atoms with Crippen molar-refractivity contribution in [3.8, 4) is 0 Å². The molecule has 0 radical (unpaired) electrons. The van der Waals surface area contributed by atoms with E-state index in [0.29, 0.717) is 11.5 Å². The quantitative estimate of drug-likeness (QED) is 0.927. The average Bonchev–Trinajstić information content (AvgIpc) is 2.47. The Morgan fingerprint density at radius 1 is 1.15 bits per heavy atom. The van der Waals surface area contributed by atoms with Crippen molar-refractivity contribution in [2.24, 2.45) is 0 Å². The first-order valence-corrected chi connectivity index (χ1v) is 6.87. The number of para-hydroxylation sites is 1. The third kappa shape index (κ3) is 3.02. The van der Waals surface area contributed by atoms with Gasteiger partial charge >= 0.3 is 0 Å². The molecule has 1 N–H and O–H groups in total. The number of nitrogens with one attached hydrogen (secondary N) is 1. The molecule has 4 nitrogen and oxygen atoms in total. The van der Waals surface area contributed by atoms with Gasteiger partial charge in [0.1, 0.15) is 11.5 Å². The molecule has 0 saturated heterocycles. The van der Waals surface area contributed by atoms with Gasteiger partial charge in [-0.2, -0.15) is 0 Å². The van der Waals surface area contributed by atoms with E-state index < -0.39 is 0 Å². The van der Waals surface area contributed by atoms with E-state index >= 15 is 0 Å². The van der Waals surface area contributed by atoms with Gasteiger partial charge in [-0.3, -0.25) is 4.79 Å². The molecule has 1 amide bonds. The highest BCUT2D eigenvalue weighted by atomic mass is 16.1. The number of anilines is 1. The van der Waals surface area contributed by atoms with Gasteiger partial charge < -0.3 is 5.32 Å². The van der Waals surface area contributed by atoms with E-state index in [1.165, 1.54) is 0 Å². The van der Waals surface area contributed by atoms with Crippen LogP contribution in [-0.4, -0.2) is 15.9 Å². The second kappa shape index (κ2) is 6.28. The van der Waals surface area contributed by atoms with Crippen molar-refractivity contribution in [3.63, 3.8) is 0 Å². The smallest absolute Gasteiger partial charge is 0.274 e. The van der Waals surface area contributed by atoms with Crippen molar-refractivity contribution in [2.75, 3.05) is 5.32 Å². The number of carbonyl (C=O) groups excluding carboxylic acids is 1. The van der Waals surface area contributed by atoms with Crippen molar-refractivity contribution >= 4 is 11.6 Å². The van der Waals surface area contributed by atoms with Gasteiger partial charge in [-0.1, -0.05) is 32.0 Å². The first-order valence-electron chi connectivity index (χ1n) is 6.87. The minimum Gasteiger partial charge on any atom is -0.320 e. The van der Waals surface area contributed by atoms with Crippen molar-refractivity contribution in [1.29, 1.82) is 0 Å². The maximum atomic E-state index is 12.3. The summed E-state index contributed by atoms with van der Waals surface area (Å²) >= 11 is 0. The van der Waals surface area contributed by atoms with Gasteiger partial charge in [0.25, 0.3) is 5.91 Å². The molecular formula is C16H19N3O. The second-order valence-electron chi connectivity index (χ2n) is 4.60. The van der Waals surface area contributed by atoms with E-state index in [4.69, 9.17) is 0 Å². The van der Waals surface area contributed by atoms with Crippen LogP contribution in [0.4, 0.5) is 5.69 Å². The number of aromatic nitrogens is 2. The highest BCUT2D eigenvalue weighted by Gasteiger charge is 2.12. The molecule has 4 heteroatoms. The van der Waals surface area contributed by atoms with Crippen LogP contribution < -0.4 is 5.32 Å². The largest absolute Gasteiger partial charge is 0.320 e. The summed E-state index contributed by atoms with van der Waals surface area (Å²) in [5, 5.41) is 3.00. The Hall–Kier alpha value is -2.23. The number of rotatable bonds is 4. The first kappa shape index (κ1) is 14.2. The van der Waals surface area contributed by atoms with Gasteiger partial charge in [0.2, 0.25) is 0 Å². The van der Waals surface area contributed by atoms with Gasteiger partial charge in [-0.25, -0.2) is 9.97 Å². The summed E-state index contributed by atoms with van der Waals surface area (Å²) in [6.45, 7) is 5.94. The highest BCUT2D eigenvalue weighted by Crippen LogP contribution is 2.23. The zero-order valence-corrected chi connectivity index (χ0v) is 12.1. The fourth-order valence-electron chi connectivity index (χ4n) is 2.16. The fourth-order valence-corrected chi connectivity index (χ4v) is 2.16. The lowest BCUT2D eigenvalue weighted by atomic mass is 10.0. The lowest BCUT2D eigenvalue weighted by molar-refractivity contribution is 0.102. The van der Waals surface area contributed by atoms with Crippen LogP contribution in [-0.2, 0) is 12.8 Å². The number of amides is 1. The summed E-state index contributed by atoms with van der Waals surface area (Å²) in [6.07, 6.45) is 3.36. The van der Waals surface area contributed by atoms with E-state index in [1.807, 2.05) is 18.2 Å². The van der Waals surface area contributed by atoms with Crippen LogP contribution in [0.25, 0.3) is 0 Å². The third-order valence-electron chi connectivity index (χ3n) is 3.25. The summed E-state index contributed by atoms with van der Waals surface area (Å²) in [4.78, 5) is 20.5. The Morgan fingerprint density at radius 2 is 1.80 bits per heavy atom. The second-order valence-corrected chi connectivity index (χ2v) is 4.60. The van der Waals surface area contributed by atoms with Crippen LogP contribution in [0.5, 0.6) is 0 Å². The number of benzene rings is 1. The lowest BCUT2D eigenvalue weighted by Crippen LogP contribution is -2.16. The maximum Gasteiger partial charge on any atom is 0.274 e. The molecule has 0 aliphatic heterocycles. The third-order valence-corrected chi connectivity index (χ3v) is 3.25. The molecule has 0 unspecified atom stereocenters. The van der Waals surface area contributed by atoms with Crippen LogP contribution in [0.1, 0.15) is 41.3 Å². The van der Waals surface area contributed by atoms with Crippen LogP contribution in [0, 0.1) is 6.92 Å². The van der Waals surface area contributed by atoms with Gasteiger partial charge in [0.15, 0.2) is 0 Å².